The summed E-state index contributed by atoms with van der Waals surface area (Å²) in [6.07, 6.45) is 0.888. The number of carbonyl (C=O) groups excluding carboxylic acids is 1. The largest absolute Gasteiger partial charge is 0.490 e. The lowest BCUT2D eigenvalue weighted by molar-refractivity contribution is -0.121. The molecule has 1 amide bonds. The zero-order valence-corrected chi connectivity index (χ0v) is 12.0. The van der Waals surface area contributed by atoms with E-state index in [-0.39, 0.29) is 17.9 Å². The summed E-state index contributed by atoms with van der Waals surface area (Å²) in [7, 11) is 0. The molecular weight excluding hydrogens is 256 g/mol. The molecule has 0 bridgehead atoms. The van der Waals surface area contributed by atoms with Gasteiger partial charge in [0.2, 0.25) is 5.91 Å². The number of ether oxygens (including phenoxy) is 2. The van der Waals surface area contributed by atoms with Gasteiger partial charge in [0.1, 0.15) is 0 Å². The monoisotopic (exact) mass is 278 g/mol. The van der Waals surface area contributed by atoms with Crippen molar-refractivity contribution in [3.63, 3.8) is 0 Å². The van der Waals surface area contributed by atoms with Gasteiger partial charge in [-0.1, -0.05) is 19.9 Å². The fourth-order valence-electron chi connectivity index (χ4n) is 2.21. The van der Waals surface area contributed by atoms with Crippen molar-refractivity contribution in [3.8, 4) is 11.5 Å². The molecule has 0 saturated heterocycles. The van der Waals surface area contributed by atoms with E-state index in [0.717, 1.165) is 23.5 Å². The summed E-state index contributed by atoms with van der Waals surface area (Å²) in [6.45, 7) is 5.86. The van der Waals surface area contributed by atoms with E-state index in [1.165, 1.54) is 0 Å². The second kappa shape index (κ2) is 6.61. The predicted molar refractivity (Wildman–Crippen MR) is 76.7 cm³/mol. The van der Waals surface area contributed by atoms with E-state index in [4.69, 9.17) is 15.2 Å². The Morgan fingerprint density at radius 3 is 2.65 bits per heavy atom. The maximum Gasteiger partial charge on any atom is 0.234 e. The molecule has 0 aromatic heterocycles. The first kappa shape index (κ1) is 14.7. The van der Waals surface area contributed by atoms with Gasteiger partial charge in [-0.25, -0.2) is 0 Å². The van der Waals surface area contributed by atoms with Crippen LogP contribution in [-0.4, -0.2) is 25.2 Å². The van der Waals surface area contributed by atoms with Crippen molar-refractivity contribution in [3.05, 3.63) is 23.8 Å². The van der Waals surface area contributed by atoms with Gasteiger partial charge in [0.25, 0.3) is 0 Å². The molecule has 1 aromatic carbocycles. The fraction of sp³-hybridized carbons (Fsp3) is 0.533. The number of hydrogen-bond acceptors (Lipinski definition) is 4. The Hall–Kier alpha value is -1.75. The predicted octanol–water partition coefficient (Wildman–Crippen LogP) is 1.45. The van der Waals surface area contributed by atoms with Gasteiger partial charge in [0, 0.05) is 13.0 Å². The minimum atomic E-state index is -0.328. The summed E-state index contributed by atoms with van der Waals surface area (Å²) < 4.78 is 11.2. The maximum atomic E-state index is 11.4. The Bertz CT molecular complexity index is 474. The van der Waals surface area contributed by atoms with Gasteiger partial charge in [-0.15, -0.1) is 0 Å². The topological polar surface area (TPSA) is 73.6 Å². The normalized spacial score (nSPS) is 15.8. The number of nitrogens with two attached hydrogens (primary N) is 1. The van der Waals surface area contributed by atoms with Gasteiger partial charge in [0.15, 0.2) is 11.5 Å². The SMILES string of the molecule is CC(C)C(NCc1ccc2c(c1)OCCCO2)C(N)=O. The lowest BCUT2D eigenvalue weighted by atomic mass is 10.0. The molecule has 110 valence electrons. The minimum absolute atomic E-state index is 0.160. The molecule has 0 spiro atoms. The van der Waals surface area contributed by atoms with Gasteiger partial charge < -0.3 is 20.5 Å². The third kappa shape index (κ3) is 3.63. The first-order valence-electron chi connectivity index (χ1n) is 6.99. The van der Waals surface area contributed by atoms with Gasteiger partial charge in [0.05, 0.1) is 19.3 Å². The maximum absolute atomic E-state index is 11.4. The van der Waals surface area contributed by atoms with Crippen LogP contribution in [0.4, 0.5) is 0 Å². The van der Waals surface area contributed by atoms with Crippen molar-refractivity contribution >= 4 is 5.91 Å². The van der Waals surface area contributed by atoms with Gasteiger partial charge in [-0.05, 0) is 23.6 Å². The molecule has 1 heterocycles. The summed E-state index contributed by atoms with van der Waals surface area (Å²) in [4.78, 5) is 11.4. The number of nitrogens with one attached hydrogen (secondary N) is 1. The van der Waals surface area contributed by atoms with Crippen molar-refractivity contribution in [1.29, 1.82) is 0 Å². The second-order valence-electron chi connectivity index (χ2n) is 5.34. The summed E-state index contributed by atoms with van der Waals surface area (Å²) in [5.74, 6) is 1.38. The molecule has 1 aliphatic rings. The van der Waals surface area contributed by atoms with E-state index >= 15 is 0 Å². The van der Waals surface area contributed by atoms with Crippen LogP contribution in [0.1, 0.15) is 25.8 Å². The quantitative estimate of drug-likeness (QED) is 0.855. The average Bonchev–Trinajstić information content (AvgIpc) is 2.62. The van der Waals surface area contributed by atoms with Crippen LogP contribution >= 0.6 is 0 Å². The third-order valence-electron chi connectivity index (χ3n) is 3.31. The molecule has 20 heavy (non-hydrogen) atoms. The van der Waals surface area contributed by atoms with Crippen molar-refractivity contribution in [2.45, 2.75) is 32.9 Å². The number of hydrogen-bond donors (Lipinski definition) is 2. The lowest BCUT2D eigenvalue weighted by Crippen LogP contribution is -2.44. The van der Waals surface area contributed by atoms with Gasteiger partial charge >= 0.3 is 0 Å². The van der Waals surface area contributed by atoms with E-state index in [1.807, 2.05) is 32.0 Å². The van der Waals surface area contributed by atoms with Crippen molar-refractivity contribution in [2.24, 2.45) is 11.7 Å². The van der Waals surface area contributed by atoms with E-state index in [2.05, 4.69) is 5.32 Å². The second-order valence-corrected chi connectivity index (χ2v) is 5.34. The smallest absolute Gasteiger partial charge is 0.234 e. The highest BCUT2D eigenvalue weighted by atomic mass is 16.5. The zero-order chi connectivity index (χ0) is 14.5. The summed E-state index contributed by atoms with van der Waals surface area (Å²) in [5, 5.41) is 3.19. The summed E-state index contributed by atoms with van der Waals surface area (Å²) in [5.41, 5.74) is 6.43. The Balaban J connectivity index is 2.03. The zero-order valence-electron chi connectivity index (χ0n) is 12.0. The highest BCUT2D eigenvalue weighted by Crippen LogP contribution is 2.30. The van der Waals surface area contributed by atoms with Gasteiger partial charge in [-0.3, -0.25) is 4.79 Å². The van der Waals surface area contributed by atoms with Crippen LogP contribution in [0.5, 0.6) is 11.5 Å². The number of fused-ring (bicyclic) bond motifs is 1. The number of benzene rings is 1. The van der Waals surface area contributed by atoms with Crippen LogP contribution in [0.15, 0.2) is 18.2 Å². The molecule has 1 atom stereocenters. The van der Waals surface area contributed by atoms with Crippen molar-refractivity contribution < 1.29 is 14.3 Å². The van der Waals surface area contributed by atoms with Crippen LogP contribution < -0.4 is 20.5 Å². The van der Waals surface area contributed by atoms with Crippen molar-refractivity contribution in [2.75, 3.05) is 13.2 Å². The molecular formula is C15H22N2O3. The molecule has 5 heteroatoms. The first-order chi connectivity index (χ1) is 9.58. The van der Waals surface area contributed by atoms with Crippen LogP contribution in [-0.2, 0) is 11.3 Å². The number of carbonyl (C=O) groups is 1. The van der Waals surface area contributed by atoms with Crippen LogP contribution in [0.25, 0.3) is 0 Å². The molecule has 1 aromatic rings. The third-order valence-corrected chi connectivity index (χ3v) is 3.31. The molecule has 2 rings (SSSR count). The Morgan fingerprint density at radius 2 is 2.00 bits per heavy atom. The van der Waals surface area contributed by atoms with E-state index in [9.17, 15) is 4.79 Å². The van der Waals surface area contributed by atoms with Crippen LogP contribution in [0, 0.1) is 5.92 Å². The standard InChI is InChI=1S/C15H22N2O3/c1-10(2)14(15(16)18)17-9-11-4-5-12-13(8-11)20-7-3-6-19-12/h4-5,8,10,14,17H,3,6-7,9H2,1-2H3,(H2,16,18). The van der Waals surface area contributed by atoms with Gasteiger partial charge in [-0.2, -0.15) is 0 Å². The molecule has 1 unspecified atom stereocenters. The summed E-state index contributed by atoms with van der Waals surface area (Å²) in [6, 6.07) is 5.50. The van der Waals surface area contributed by atoms with Crippen LogP contribution in [0.2, 0.25) is 0 Å². The molecule has 3 N–H and O–H groups in total. The highest BCUT2D eigenvalue weighted by molar-refractivity contribution is 5.80. The highest BCUT2D eigenvalue weighted by Gasteiger charge is 2.19. The lowest BCUT2D eigenvalue weighted by Gasteiger charge is -2.19. The minimum Gasteiger partial charge on any atom is -0.490 e. The van der Waals surface area contributed by atoms with E-state index < -0.39 is 0 Å². The molecule has 0 fully saturated rings. The first-order valence-corrected chi connectivity index (χ1v) is 6.99. The Morgan fingerprint density at radius 1 is 1.30 bits per heavy atom. The number of primary amides is 1. The molecule has 0 radical (unpaired) electrons. The van der Waals surface area contributed by atoms with E-state index in [0.29, 0.717) is 19.8 Å². The molecule has 1 aliphatic heterocycles. The Labute approximate surface area is 119 Å². The van der Waals surface area contributed by atoms with Crippen LogP contribution in [0.3, 0.4) is 0 Å². The number of rotatable bonds is 5. The molecule has 0 saturated carbocycles. The van der Waals surface area contributed by atoms with Crippen molar-refractivity contribution in [1.82, 2.24) is 5.32 Å². The number of amides is 1. The van der Waals surface area contributed by atoms with E-state index in [1.54, 1.807) is 0 Å². The molecule has 5 nitrogen and oxygen atoms in total. The Kier molecular flexibility index (Phi) is 4.84. The average molecular weight is 278 g/mol. The summed E-state index contributed by atoms with van der Waals surface area (Å²) >= 11 is 0. The molecule has 0 aliphatic carbocycles. The fourth-order valence-corrected chi connectivity index (χ4v) is 2.21.